The quantitative estimate of drug-likeness (QED) is 0.393. The van der Waals surface area contributed by atoms with Gasteiger partial charge in [0.05, 0.1) is 11.0 Å². The van der Waals surface area contributed by atoms with Crippen LogP contribution in [0.1, 0.15) is 30.7 Å². The Balaban J connectivity index is 0.00000312. The smallest absolute Gasteiger partial charge is 0.410 e. The molecule has 25 heavy (non-hydrogen) atoms. The van der Waals surface area contributed by atoms with Crippen LogP contribution < -0.4 is 10.6 Å². The number of carbonyl (C=O) groups excluding carboxylic acids is 1. The van der Waals surface area contributed by atoms with Crippen molar-refractivity contribution >= 4 is 47.4 Å². The van der Waals surface area contributed by atoms with Crippen molar-refractivity contribution in [3.63, 3.8) is 0 Å². The first-order valence-electron chi connectivity index (χ1n) is 8.13. The van der Waals surface area contributed by atoms with Crippen LogP contribution in [0.5, 0.6) is 0 Å². The second-order valence-electron chi connectivity index (χ2n) is 6.84. The number of likely N-dealkylation sites (tertiary alicyclic amines) is 1. The van der Waals surface area contributed by atoms with Gasteiger partial charge in [0.1, 0.15) is 5.60 Å². The molecule has 142 valence electrons. The highest BCUT2D eigenvalue weighted by molar-refractivity contribution is 14.0. The first-order valence-corrected chi connectivity index (χ1v) is 8.95. The molecule has 1 aliphatic rings. The summed E-state index contributed by atoms with van der Waals surface area (Å²) in [5.41, 5.74) is -0.457. The van der Waals surface area contributed by atoms with Gasteiger partial charge in [-0.05, 0) is 27.7 Å². The second kappa shape index (κ2) is 9.56. The summed E-state index contributed by atoms with van der Waals surface area (Å²) in [5, 5.41) is 7.71. The first kappa shape index (κ1) is 21.9. The van der Waals surface area contributed by atoms with E-state index in [0.29, 0.717) is 13.1 Å². The lowest BCUT2D eigenvalue weighted by atomic mass is 10.1. The molecular weight excluding hydrogens is 453 g/mol. The van der Waals surface area contributed by atoms with Gasteiger partial charge in [-0.2, -0.15) is 0 Å². The SMILES string of the molecule is CN=C(NCCc1ncc(C)s1)NC1CN(C(=O)OC(C)(C)C)C1.I. The van der Waals surface area contributed by atoms with Gasteiger partial charge in [-0.15, -0.1) is 35.3 Å². The standard InChI is InChI=1S/C16H27N5O2S.HI/c1-11-8-19-13(24-11)6-7-18-14(17-5)20-12-9-21(10-12)15(22)23-16(2,3)4;/h8,12H,6-7,9-10H2,1-5H3,(H2,17,18,20);1H. The van der Waals surface area contributed by atoms with Crippen molar-refractivity contribution in [2.45, 2.75) is 45.8 Å². The number of carbonyl (C=O) groups is 1. The molecule has 0 aliphatic carbocycles. The molecule has 9 heteroatoms. The molecule has 1 amide bonds. The van der Waals surface area contributed by atoms with Crippen LogP contribution in [0, 0.1) is 6.92 Å². The van der Waals surface area contributed by atoms with Gasteiger partial charge in [0.25, 0.3) is 0 Å². The lowest BCUT2D eigenvalue weighted by molar-refractivity contribution is 0.00701. The number of nitrogens with one attached hydrogen (secondary N) is 2. The van der Waals surface area contributed by atoms with Gasteiger partial charge >= 0.3 is 6.09 Å². The van der Waals surface area contributed by atoms with E-state index in [9.17, 15) is 4.79 Å². The van der Waals surface area contributed by atoms with E-state index in [-0.39, 0.29) is 36.1 Å². The van der Waals surface area contributed by atoms with Crippen molar-refractivity contribution in [1.82, 2.24) is 20.5 Å². The summed E-state index contributed by atoms with van der Waals surface area (Å²) in [4.78, 5) is 23.4. The molecule has 0 aromatic carbocycles. The Morgan fingerprint density at radius 1 is 1.48 bits per heavy atom. The van der Waals surface area contributed by atoms with Gasteiger partial charge in [-0.25, -0.2) is 9.78 Å². The van der Waals surface area contributed by atoms with Gasteiger partial charge < -0.3 is 20.3 Å². The molecule has 1 aromatic rings. The summed E-state index contributed by atoms with van der Waals surface area (Å²) < 4.78 is 5.34. The summed E-state index contributed by atoms with van der Waals surface area (Å²) in [5.74, 6) is 0.747. The van der Waals surface area contributed by atoms with E-state index in [1.165, 1.54) is 4.88 Å². The number of hydrogen-bond donors (Lipinski definition) is 2. The van der Waals surface area contributed by atoms with Crippen molar-refractivity contribution in [3.05, 3.63) is 16.1 Å². The Hall–Kier alpha value is -1.10. The highest BCUT2D eigenvalue weighted by Gasteiger charge is 2.34. The fourth-order valence-electron chi connectivity index (χ4n) is 2.24. The molecule has 2 rings (SSSR count). The molecule has 1 fully saturated rings. The number of aliphatic imine (C=N–C) groups is 1. The van der Waals surface area contributed by atoms with E-state index in [2.05, 4.69) is 27.5 Å². The van der Waals surface area contributed by atoms with Crippen LogP contribution in [0.15, 0.2) is 11.2 Å². The average Bonchev–Trinajstić information content (AvgIpc) is 2.83. The number of halogens is 1. The summed E-state index contributed by atoms with van der Waals surface area (Å²) >= 11 is 1.72. The molecule has 0 atom stereocenters. The van der Waals surface area contributed by atoms with Crippen molar-refractivity contribution in [3.8, 4) is 0 Å². The third kappa shape index (κ3) is 7.35. The first-order chi connectivity index (χ1) is 11.3. The molecule has 0 radical (unpaired) electrons. The fourth-order valence-corrected chi connectivity index (χ4v) is 3.02. The zero-order valence-electron chi connectivity index (χ0n) is 15.5. The lowest BCUT2D eigenvalue weighted by Gasteiger charge is -2.40. The van der Waals surface area contributed by atoms with E-state index in [1.54, 1.807) is 23.3 Å². The molecule has 2 N–H and O–H groups in total. The summed E-state index contributed by atoms with van der Waals surface area (Å²) in [6.07, 6.45) is 2.50. The van der Waals surface area contributed by atoms with Crippen molar-refractivity contribution < 1.29 is 9.53 Å². The fraction of sp³-hybridized carbons (Fsp3) is 0.688. The van der Waals surface area contributed by atoms with Crippen LogP contribution in [-0.4, -0.2) is 60.3 Å². The van der Waals surface area contributed by atoms with Crippen LogP contribution in [0.2, 0.25) is 0 Å². The number of aromatic nitrogens is 1. The number of hydrogen-bond acceptors (Lipinski definition) is 5. The minimum Gasteiger partial charge on any atom is -0.444 e. The number of amides is 1. The minimum atomic E-state index is -0.457. The second-order valence-corrected chi connectivity index (χ2v) is 8.16. The van der Waals surface area contributed by atoms with E-state index >= 15 is 0 Å². The van der Waals surface area contributed by atoms with Crippen LogP contribution >= 0.6 is 35.3 Å². The maximum absolute atomic E-state index is 11.9. The number of thiazole rings is 1. The Labute approximate surface area is 170 Å². The monoisotopic (exact) mass is 481 g/mol. The van der Waals surface area contributed by atoms with E-state index < -0.39 is 5.60 Å². The number of guanidine groups is 1. The van der Waals surface area contributed by atoms with Gasteiger partial charge in [0.15, 0.2) is 5.96 Å². The molecule has 7 nitrogen and oxygen atoms in total. The number of rotatable bonds is 4. The molecule has 0 saturated carbocycles. The Kier molecular flexibility index (Phi) is 8.39. The summed E-state index contributed by atoms with van der Waals surface area (Å²) in [7, 11) is 1.74. The topological polar surface area (TPSA) is 78.9 Å². The van der Waals surface area contributed by atoms with Crippen molar-refractivity contribution in [1.29, 1.82) is 0 Å². The molecule has 1 aromatic heterocycles. The van der Waals surface area contributed by atoms with Gasteiger partial charge in [-0.1, -0.05) is 0 Å². The average molecular weight is 481 g/mol. The van der Waals surface area contributed by atoms with E-state index in [0.717, 1.165) is 23.9 Å². The molecule has 0 unspecified atom stereocenters. The third-order valence-corrected chi connectivity index (χ3v) is 4.37. The Morgan fingerprint density at radius 2 is 2.16 bits per heavy atom. The Bertz CT molecular complexity index is 594. The largest absolute Gasteiger partial charge is 0.444 e. The van der Waals surface area contributed by atoms with Gasteiger partial charge in [0, 0.05) is 44.2 Å². The normalized spacial score (nSPS) is 15.2. The molecule has 1 saturated heterocycles. The summed E-state index contributed by atoms with van der Waals surface area (Å²) in [6.45, 7) is 9.70. The maximum Gasteiger partial charge on any atom is 0.410 e. The van der Waals surface area contributed by atoms with Crippen molar-refractivity contribution in [2.24, 2.45) is 4.99 Å². The zero-order valence-corrected chi connectivity index (χ0v) is 18.6. The van der Waals surface area contributed by atoms with Crippen LogP contribution in [0.3, 0.4) is 0 Å². The number of aryl methyl sites for hydroxylation is 1. The van der Waals surface area contributed by atoms with Crippen LogP contribution in [0.4, 0.5) is 4.79 Å². The predicted octanol–water partition coefficient (Wildman–Crippen LogP) is 2.40. The summed E-state index contributed by atoms with van der Waals surface area (Å²) in [6, 6.07) is 0.200. The molecule has 1 aliphatic heterocycles. The molecule has 0 bridgehead atoms. The third-order valence-electron chi connectivity index (χ3n) is 3.40. The predicted molar refractivity (Wildman–Crippen MR) is 112 cm³/mol. The lowest BCUT2D eigenvalue weighted by Crippen LogP contribution is -2.63. The molecule has 2 heterocycles. The highest BCUT2D eigenvalue weighted by Crippen LogP contribution is 2.15. The van der Waals surface area contributed by atoms with Crippen LogP contribution in [0.25, 0.3) is 0 Å². The number of nitrogens with zero attached hydrogens (tertiary/aromatic N) is 3. The molecular formula is C16H28IN5O2S. The van der Waals surface area contributed by atoms with Crippen molar-refractivity contribution in [2.75, 3.05) is 26.7 Å². The highest BCUT2D eigenvalue weighted by atomic mass is 127. The zero-order chi connectivity index (χ0) is 17.7. The molecule has 0 spiro atoms. The maximum atomic E-state index is 11.9. The van der Waals surface area contributed by atoms with E-state index in [1.807, 2.05) is 27.0 Å². The van der Waals surface area contributed by atoms with Crippen LogP contribution in [-0.2, 0) is 11.2 Å². The minimum absolute atomic E-state index is 0. The Morgan fingerprint density at radius 3 is 2.68 bits per heavy atom. The van der Waals surface area contributed by atoms with E-state index in [4.69, 9.17) is 4.74 Å². The van der Waals surface area contributed by atoms with Gasteiger partial charge in [-0.3, -0.25) is 4.99 Å². The van der Waals surface area contributed by atoms with Gasteiger partial charge in [0.2, 0.25) is 0 Å². The number of ether oxygens (including phenoxy) is 1.